The van der Waals surface area contributed by atoms with Crippen LogP contribution in [0.1, 0.15) is 0 Å². The van der Waals surface area contributed by atoms with Crippen LogP contribution in [0.4, 0.5) is 0 Å². The van der Waals surface area contributed by atoms with Crippen LogP contribution in [0.5, 0.6) is 0 Å². The standard InChI is InChI=1S/C6H7ClNOP/c7-5-3-1-2-4-6(5)10(8)9/h1-4,9H,8H2. The van der Waals surface area contributed by atoms with Crippen molar-refractivity contribution in [3.8, 4) is 0 Å². The van der Waals surface area contributed by atoms with Crippen LogP contribution >= 0.6 is 19.9 Å². The molecular weight excluding hydrogens is 168 g/mol. The summed E-state index contributed by atoms with van der Waals surface area (Å²) in [5.41, 5.74) is 5.25. The van der Waals surface area contributed by atoms with Crippen molar-refractivity contribution in [1.82, 2.24) is 0 Å². The maximum atomic E-state index is 8.96. The van der Waals surface area contributed by atoms with Crippen LogP contribution in [0.25, 0.3) is 0 Å². The summed E-state index contributed by atoms with van der Waals surface area (Å²) >= 11 is 5.70. The largest absolute Gasteiger partial charge is 0.356 e. The fourth-order valence-corrected chi connectivity index (χ4v) is 1.57. The van der Waals surface area contributed by atoms with E-state index in [-0.39, 0.29) is 0 Å². The smallest absolute Gasteiger partial charge is 0.130 e. The summed E-state index contributed by atoms with van der Waals surface area (Å²) in [5.74, 6) is 0. The SMILES string of the molecule is NP(O)c1ccccc1Cl. The zero-order valence-corrected chi connectivity index (χ0v) is 6.81. The maximum absolute atomic E-state index is 8.96. The molecule has 1 atom stereocenters. The summed E-state index contributed by atoms with van der Waals surface area (Å²) in [7, 11) is -1.55. The van der Waals surface area contributed by atoms with Gasteiger partial charge in [-0.05, 0) is 12.1 Å². The van der Waals surface area contributed by atoms with Crippen molar-refractivity contribution >= 4 is 25.2 Å². The lowest BCUT2D eigenvalue weighted by Gasteiger charge is -2.03. The fraction of sp³-hybridized carbons (Fsp3) is 0. The Morgan fingerprint density at radius 3 is 2.40 bits per heavy atom. The Hall–Kier alpha value is -0.140. The van der Waals surface area contributed by atoms with Gasteiger partial charge in [0.1, 0.15) is 8.30 Å². The molecule has 54 valence electrons. The molecule has 0 aromatic heterocycles. The quantitative estimate of drug-likeness (QED) is 0.631. The minimum absolute atomic E-state index is 0.526. The van der Waals surface area contributed by atoms with Crippen molar-refractivity contribution in [3.63, 3.8) is 0 Å². The van der Waals surface area contributed by atoms with E-state index in [1.807, 2.05) is 0 Å². The third kappa shape index (κ3) is 1.68. The van der Waals surface area contributed by atoms with E-state index in [1.165, 1.54) is 0 Å². The molecule has 4 heteroatoms. The normalized spacial score (nSPS) is 13.1. The van der Waals surface area contributed by atoms with Gasteiger partial charge in [0, 0.05) is 5.30 Å². The van der Waals surface area contributed by atoms with Gasteiger partial charge in [-0.25, -0.2) is 0 Å². The molecule has 3 N–H and O–H groups in total. The molecule has 10 heavy (non-hydrogen) atoms. The van der Waals surface area contributed by atoms with Gasteiger partial charge in [-0.2, -0.15) is 0 Å². The first kappa shape index (κ1) is 7.96. The van der Waals surface area contributed by atoms with Crippen LogP contribution in [0, 0.1) is 0 Å². The van der Waals surface area contributed by atoms with E-state index in [0.29, 0.717) is 10.3 Å². The number of rotatable bonds is 1. The van der Waals surface area contributed by atoms with Gasteiger partial charge < -0.3 is 4.89 Å². The molecule has 0 heterocycles. The Bertz CT molecular complexity index is 229. The third-order valence-electron chi connectivity index (χ3n) is 1.10. The van der Waals surface area contributed by atoms with Gasteiger partial charge in [-0.3, -0.25) is 5.50 Å². The van der Waals surface area contributed by atoms with E-state index >= 15 is 0 Å². The van der Waals surface area contributed by atoms with Crippen molar-refractivity contribution in [1.29, 1.82) is 0 Å². The number of nitrogens with two attached hydrogens (primary N) is 1. The topological polar surface area (TPSA) is 46.2 Å². The highest BCUT2D eigenvalue weighted by Crippen LogP contribution is 2.22. The Labute approximate surface area is 65.5 Å². The summed E-state index contributed by atoms with van der Waals surface area (Å²) in [5, 5.41) is 1.15. The predicted octanol–water partition coefficient (Wildman–Crippen LogP) is 1.23. The Morgan fingerprint density at radius 1 is 1.40 bits per heavy atom. The summed E-state index contributed by atoms with van der Waals surface area (Å²) < 4.78 is 0. The zero-order valence-electron chi connectivity index (χ0n) is 5.16. The van der Waals surface area contributed by atoms with Gasteiger partial charge in [0.2, 0.25) is 0 Å². The zero-order chi connectivity index (χ0) is 7.56. The highest BCUT2D eigenvalue weighted by Gasteiger charge is 2.04. The summed E-state index contributed by atoms with van der Waals surface area (Å²) in [6.07, 6.45) is 0. The second kappa shape index (κ2) is 3.31. The molecule has 1 aromatic carbocycles. The molecular formula is C6H7ClNOP. The van der Waals surface area contributed by atoms with Crippen molar-refractivity contribution in [2.75, 3.05) is 0 Å². The van der Waals surface area contributed by atoms with Crippen LogP contribution in [-0.4, -0.2) is 4.89 Å². The number of benzene rings is 1. The minimum atomic E-state index is -1.55. The number of halogens is 1. The van der Waals surface area contributed by atoms with E-state index in [1.54, 1.807) is 24.3 Å². The van der Waals surface area contributed by atoms with E-state index in [2.05, 4.69) is 0 Å². The van der Waals surface area contributed by atoms with E-state index in [4.69, 9.17) is 22.0 Å². The van der Waals surface area contributed by atoms with Crippen LogP contribution < -0.4 is 10.8 Å². The minimum Gasteiger partial charge on any atom is -0.356 e. The van der Waals surface area contributed by atoms with Gasteiger partial charge in [-0.1, -0.05) is 23.7 Å². The summed E-state index contributed by atoms with van der Waals surface area (Å²) in [6, 6.07) is 7.01. The second-order valence-electron chi connectivity index (χ2n) is 1.80. The molecule has 0 amide bonds. The Balaban J connectivity index is 3.03. The lowest BCUT2D eigenvalue weighted by molar-refractivity contribution is 0.636. The number of hydrogen-bond donors (Lipinski definition) is 2. The number of hydrogen-bond acceptors (Lipinski definition) is 2. The third-order valence-corrected chi connectivity index (χ3v) is 2.44. The van der Waals surface area contributed by atoms with Gasteiger partial charge in [-0.15, -0.1) is 0 Å². The molecule has 0 fully saturated rings. The molecule has 0 bridgehead atoms. The molecule has 2 nitrogen and oxygen atoms in total. The van der Waals surface area contributed by atoms with Crippen molar-refractivity contribution in [3.05, 3.63) is 29.3 Å². The van der Waals surface area contributed by atoms with Crippen LogP contribution in [0.2, 0.25) is 5.02 Å². The summed E-state index contributed by atoms with van der Waals surface area (Å²) in [6.45, 7) is 0. The molecule has 1 unspecified atom stereocenters. The first-order chi connectivity index (χ1) is 4.72. The van der Waals surface area contributed by atoms with E-state index < -0.39 is 8.30 Å². The Kier molecular flexibility index (Phi) is 2.64. The average Bonchev–Trinajstić information content (AvgIpc) is 1.88. The monoisotopic (exact) mass is 175 g/mol. The molecule has 0 saturated heterocycles. The van der Waals surface area contributed by atoms with E-state index in [0.717, 1.165) is 0 Å². The lowest BCUT2D eigenvalue weighted by Crippen LogP contribution is -2.06. The maximum Gasteiger partial charge on any atom is 0.130 e. The molecule has 0 aliphatic heterocycles. The van der Waals surface area contributed by atoms with Gasteiger partial charge in [0.05, 0.1) is 5.02 Å². The summed E-state index contributed by atoms with van der Waals surface area (Å²) in [4.78, 5) is 8.96. The van der Waals surface area contributed by atoms with Crippen LogP contribution in [0.15, 0.2) is 24.3 Å². The van der Waals surface area contributed by atoms with Gasteiger partial charge in [0.15, 0.2) is 0 Å². The molecule has 0 radical (unpaired) electrons. The fourth-order valence-electron chi connectivity index (χ4n) is 0.638. The molecule has 1 aromatic rings. The highest BCUT2D eigenvalue weighted by molar-refractivity contribution is 7.57. The van der Waals surface area contributed by atoms with Gasteiger partial charge in [0.25, 0.3) is 0 Å². The van der Waals surface area contributed by atoms with Crippen LogP contribution in [0.3, 0.4) is 0 Å². The van der Waals surface area contributed by atoms with Crippen molar-refractivity contribution in [2.24, 2.45) is 5.50 Å². The first-order valence-corrected chi connectivity index (χ1v) is 4.44. The molecule has 0 aliphatic rings. The predicted molar refractivity (Wildman–Crippen MR) is 44.4 cm³/mol. The Morgan fingerprint density at radius 2 is 2.00 bits per heavy atom. The van der Waals surface area contributed by atoms with Crippen molar-refractivity contribution in [2.45, 2.75) is 0 Å². The molecule has 0 saturated carbocycles. The highest BCUT2D eigenvalue weighted by atomic mass is 35.5. The first-order valence-electron chi connectivity index (χ1n) is 2.70. The van der Waals surface area contributed by atoms with Crippen LogP contribution in [-0.2, 0) is 0 Å². The molecule has 0 aliphatic carbocycles. The average molecular weight is 176 g/mol. The van der Waals surface area contributed by atoms with Crippen molar-refractivity contribution < 1.29 is 4.89 Å². The molecule has 1 rings (SSSR count). The molecule has 0 spiro atoms. The second-order valence-corrected chi connectivity index (χ2v) is 3.37. The lowest BCUT2D eigenvalue weighted by atomic mass is 10.4. The van der Waals surface area contributed by atoms with E-state index in [9.17, 15) is 0 Å². The van der Waals surface area contributed by atoms with Gasteiger partial charge >= 0.3 is 0 Å².